The molecule has 1 aromatic carbocycles. The summed E-state index contributed by atoms with van der Waals surface area (Å²) in [7, 11) is 0. The third kappa shape index (κ3) is 4.86. The second kappa shape index (κ2) is 7.53. The van der Waals surface area contributed by atoms with Gasteiger partial charge in [-0.1, -0.05) is 11.6 Å². The minimum Gasteiger partial charge on any atom is -0.352 e. The molecule has 1 amide bonds. The van der Waals surface area contributed by atoms with E-state index in [0.29, 0.717) is 18.0 Å². The van der Waals surface area contributed by atoms with Gasteiger partial charge < -0.3 is 9.88 Å². The van der Waals surface area contributed by atoms with Crippen molar-refractivity contribution >= 4 is 17.5 Å². The Bertz CT molecular complexity index is 770. The molecule has 0 bridgehead atoms. The zero-order valence-corrected chi connectivity index (χ0v) is 13.2. The average Bonchev–Trinajstić information content (AvgIpc) is 2.53. The number of aryl methyl sites for hydroxylation is 1. The topological polar surface area (TPSA) is 51.1 Å². The zero-order valence-electron chi connectivity index (χ0n) is 12.4. The Morgan fingerprint density at radius 1 is 1.12 bits per heavy atom. The van der Waals surface area contributed by atoms with Crippen molar-refractivity contribution in [2.45, 2.75) is 19.1 Å². The highest BCUT2D eigenvalue weighted by molar-refractivity contribution is 6.30. The van der Waals surface area contributed by atoms with Gasteiger partial charge in [0.1, 0.15) is 0 Å². The third-order valence-corrected chi connectivity index (χ3v) is 3.51. The molecule has 0 radical (unpaired) electrons. The molecular formula is C16H14ClF3N2O2. The summed E-state index contributed by atoms with van der Waals surface area (Å²) in [5.41, 5.74) is -0.865. The third-order valence-electron chi connectivity index (χ3n) is 3.28. The van der Waals surface area contributed by atoms with Gasteiger partial charge >= 0.3 is 6.18 Å². The van der Waals surface area contributed by atoms with Gasteiger partial charge in [-0.05, 0) is 36.8 Å². The highest BCUT2D eigenvalue weighted by Gasteiger charge is 2.30. The molecule has 4 nitrogen and oxygen atoms in total. The van der Waals surface area contributed by atoms with Crippen molar-refractivity contribution in [3.05, 3.63) is 69.1 Å². The summed E-state index contributed by atoms with van der Waals surface area (Å²) in [6.07, 6.45) is -2.45. The number of halogens is 4. The zero-order chi connectivity index (χ0) is 17.7. The van der Waals surface area contributed by atoms with Crippen molar-refractivity contribution in [2.75, 3.05) is 6.54 Å². The number of hydrogen-bond donors (Lipinski definition) is 1. The lowest BCUT2D eigenvalue weighted by Crippen LogP contribution is -2.27. The fourth-order valence-corrected chi connectivity index (χ4v) is 2.22. The van der Waals surface area contributed by atoms with Gasteiger partial charge in [0, 0.05) is 30.9 Å². The van der Waals surface area contributed by atoms with Crippen molar-refractivity contribution in [3.8, 4) is 0 Å². The molecule has 24 heavy (non-hydrogen) atoms. The molecule has 2 rings (SSSR count). The first kappa shape index (κ1) is 18.1. The van der Waals surface area contributed by atoms with Crippen LogP contribution in [-0.2, 0) is 12.7 Å². The molecule has 0 unspecified atom stereocenters. The Kier molecular flexibility index (Phi) is 5.66. The molecule has 1 N–H and O–H groups in total. The largest absolute Gasteiger partial charge is 0.416 e. The molecule has 8 heteroatoms. The predicted octanol–water partition coefficient (Wildman–Crippen LogP) is 3.34. The lowest BCUT2D eigenvalue weighted by Gasteiger charge is -2.09. The number of carbonyl (C=O) groups is 1. The van der Waals surface area contributed by atoms with Gasteiger partial charge in [0.2, 0.25) is 0 Å². The summed E-state index contributed by atoms with van der Waals surface area (Å²) in [5, 5.41) is 3.03. The summed E-state index contributed by atoms with van der Waals surface area (Å²) in [5.74, 6) is -0.470. The Balaban J connectivity index is 1.85. The van der Waals surface area contributed by atoms with Crippen molar-refractivity contribution in [3.63, 3.8) is 0 Å². The first-order chi connectivity index (χ1) is 11.3. The molecule has 1 heterocycles. The van der Waals surface area contributed by atoms with Crippen LogP contribution in [0, 0.1) is 0 Å². The van der Waals surface area contributed by atoms with Gasteiger partial charge in [-0.25, -0.2) is 0 Å². The predicted molar refractivity (Wildman–Crippen MR) is 84.1 cm³/mol. The van der Waals surface area contributed by atoms with Crippen molar-refractivity contribution in [1.29, 1.82) is 0 Å². The van der Waals surface area contributed by atoms with E-state index in [-0.39, 0.29) is 17.7 Å². The quantitative estimate of drug-likeness (QED) is 0.833. The number of benzene rings is 1. The molecule has 0 aliphatic rings. The normalized spacial score (nSPS) is 11.3. The summed E-state index contributed by atoms with van der Waals surface area (Å²) < 4.78 is 38.8. The summed E-state index contributed by atoms with van der Waals surface area (Å²) >= 11 is 5.80. The smallest absolute Gasteiger partial charge is 0.352 e. The molecule has 0 saturated carbocycles. The van der Waals surface area contributed by atoms with E-state index in [0.717, 1.165) is 24.3 Å². The minimum absolute atomic E-state index is 0.142. The van der Waals surface area contributed by atoms with Crippen molar-refractivity contribution in [1.82, 2.24) is 9.88 Å². The number of pyridine rings is 1. The van der Waals surface area contributed by atoms with Crippen LogP contribution >= 0.6 is 11.6 Å². The van der Waals surface area contributed by atoms with E-state index < -0.39 is 17.6 Å². The van der Waals surface area contributed by atoms with E-state index in [1.165, 1.54) is 22.9 Å². The fourth-order valence-electron chi connectivity index (χ4n) is 2.04. The van der Waals surface area contributed by atoms with E-state index in [1.54, 1.807) is 0 Å². The molecule has 0 fully saturated rings. The second-order valence-electron chi connectivity index (χ2n) is 5.06. The molecule has 0 saturated heterocycles. The molecule has 0 spiro atoms. The first-order valence-electron chi connectivity index (χ1n) is 7.09. The van der Waals surface area contributed by atoms with Crippen molar-refractivity contribution in [2.24, 2.45) is 0 Å². The lowest BCUT2D eigenvalue weighted by molar-refractivity contribution is -0.137. The molecule has 0 aliphatic carbocycles. The summed E-state index contributed by atoms with van der Waals surface area (Å²) in [6, 6.07) is 6.82. The van der Waals surface area contributed by atoms with Gasteiger partial charge in [0.15, 0.2) is 0 Å². The Morgan fingerprint density at radius 2 is 1.79 bits per heavy atom. The van der Waals surface area contributed by atoms with Gasteiger partial charge in [0.25, 0.3) is 11.5 Å². The number of amides is 1. The second-order valence-corrected chi connectivity index (χ2v) is 5.50. The van der Waals surface area contributed by atoms with Gasteiger partial charge in [-0.2, -0.15) is 13.2 Å². The van der Waals surface area contributed by atoms with Crippen LogP contribution in [0.2, 0.25) is 5.02 Å². The SMILES string of the molecule is O=C(NCCCn1cc(Cl)ccc1=O)c1ccc(C(F)(F)F)cc1. The van der Waals surface area contributed by atoms with E-state index in [9.17, 15) is 22.8 Å². The van der Waals surface area contributed by atoms with Crippen LogP contribution in [0.25, 0.3) is 0 Å². The molecule has 0 aliphatic heterocycles. The van der Waals surface area contributed by atoms with Crippen LogP contribution in [0.4, 0.5) is 13.2 Å². The van der Waals surface area contributed by atoms with E-state index in [2.05, 4.69) is 5.32 Å². The van der Waals surface area contributed by atoms with Crippen LogP contribution in [-0.4, -0.2) is 17.0 Å². The lowest BCUT2D eigenvalue weighted by atomic mass is 10.1. The van der Waals surface area contributed by atoms with Crippen LogP contribution in [0.5, 0.6) is 0 Å². The maximum absolute atomic E-state index is 12.5. The number of nitrogens with one attached hydrogen (secondary N) is 1. The first-order valence-corrected chi connectivity index (χ1v) is 7.46. The molecule has 2 aromatic rings. The van der Waals surface area contributed by atoms with E-state index in [4.69, 9.17) is 11.6 Å². The van der Waals surface area contributed by atoms with Crippen LogP contribution in [0.1, 0.15) is 22.3 Å². The summed E-state index contributed by atoms with van der Waals surface area (Å²) in [6.45, 7) is 0.644. The van der Waals surface area contributed by atoms with Gasteiger partial charge in [-0.3, -0.25) is 9.59 Å². The molecule has 1 aromatic heterocycles. The van der Waals surface area contributed by atoms with Crippen molar-refractivity contribution < 1.29 is 18.0 Å². The number of nitrogens with zero attached hydrogens (tertiary/aromatic N) is 1. The number of alkyl halides is 3. The Hall–Kier alpha value is -2.28. The molecule has 0 atom stereocenters. The number of aromatic nitrogens is 1. The maximum Gasteiger partial charge on any atom is 0.416 e. The minimum atomic E-state index is -4.43. The number of rotatable bonds is 5. The van der Waals surface area contributed by atoms with E-state index >= 15 is 0 Å². The van der Waals surface area contributed by atoms with E-state index in [1.807, 2.05) is 0 Å². The van der Waals surface area contributed by atoms with Crippen LogP contribution < -0.4 is 10.9 Å². The Labute approximate surface area is 140 Å². The highest BCUT2D eigenvalue weighted by Crippen LogP contribution is 2.29. The van der Waals surface area contributed by atoms with Gasteiger partial charge in [-0.15, -0.1) is 0 Å². The molecular weight excluding hydrogens is 345 g/mol. The fraction of sp³-hybridized carbons (Fsp3) is 0.250. The monoisotopic (exact) mass is 358 g/mol. The maximum atomic E-state index is 12.5. The molecule has 128 valence electrons. The number of carbonyl (C=O) groups excluding carboxylic acids is 1. The standard InChI is InChI=1S/C16H14ClF3N2O2/c17-13-6-7-14(23)22(10-13)9-1-8-21-15(24)11-2-4-12(5-3-11)16(18,19)20/h2-7,10H,1,8-9H2,(H,21,24). The summed E-state index contributed by atoms with van der Waals surface area (Å²) in [4.78, 5) is 23.4. The average molecular weight is 359 g/mol. The van der Waals surface area contributed by atoms with Crippen LogP contribution in [0.3, 0.4) is 0 Å². The van der Waals surface area contributed by atoms with Crippen LogP contribution in [0.15, 0.2) is 47.4 Å². The van der Waals surface area contributed by atoms with Gasteiger partial charge in [0.05, 0.1) is 10.6 Å². The Morgan fingerprint density at radius 3 is 2.42 bits per heavy atom. The highest BCUT2D eigenvalue weighted by atomic mass is 35.5. The number of hydrogen-bond acceptors (Lipinski definition) is 2.